The van der Waals surface area contributed by atoms with E-state index in [1.807, 2.05) is 0 Å². The fraction of sp³-hybridized carbons (Fsp3) is 0.571. The molecule has 1 aliphatic rings. The summed E-state index contributed by atoms with van der Waals surface area (Å²) in [7, 11) is -3.24. The number of rotatable bonds is 6. The van der Waals surface area contributed by atoms with E-state index in [1.165, 1.54) is 0 Å². The van der Waals surface area contributed by atoms with Crippen LogP contribution < -0.4 is 0 Å². The fourth-order valence-corrected chi connectivity index (χ4v) is 3.95. The Bertz CT molecular complexity index is 530. The van der Waals surface area contributed by atoms with Crippen molar-refractivity contribution in [3.63, 3.8) is 0 Å². The molecule has 1 saturated heterocycles. The lowest BCUT2D eigenvalue weighted by atomic mass is 10.1. The Hall–Kier alpha value is -0.620. The third-order valence-corrected chi connectivity index (χ3v) is 5.72. The summed E-state index contributed by atoms with van der Waals surface area (Å²) in [5, 5.41) is 9.46. The molecule has 20 heavy (non-hydrogen) atoms. The van der Waals surface area contributed by atoms with Crippen LogP contribution in [0.15, 0.2) is 29.2 Å². The van der Waals surface area contributed by atoms with E-state index in [4.69, 9.17) is 16.7 Å². The third-order valence-electron chi connectivity index (χ3n) is 3.76. The average molecular weight is 318 g/mol. The average Bonchev–Trinajstić information content (AvgIpc) is 2.85. The van der Waals surface area contributed by atoms with E-state index in [0.717, 1.165) is 25.9 Å². The first-order valence-electron chi connectivity index (χ1n) is 6.83. The maximum absolute atomic E-state index is 12.2. The minimum absolute atomic E-state index is 0.125. The van der Waals surface area contributed by atoms with Crippen LogP contribution >= 0.6 is 11.6 Å². The Labute approximate surface area is 125 Å². The SMILES string of the molecule is O=S(=O)(CCN1CCC(CCO)C1)c1ccc(Cl)cc1. The molecule has 1 heterocycles. The predicted molar refractivity (Wildman–Crippen MR) is 79.8 cm³/mol. The zero-order valence-corrected chi connectivity index (χ0v) is 12.9. The monoisotopic (exact) mass is 317 g/mol. The van der Waals surface area contributed by atoms with Crippen LogP contribution in [0.3, 0.4) is 0 Å². The van der Waals surface area contributed by atoms with E-state index >= 15 is 0 Å². The molecule has 0 radical (unpaired) electrons. The van der Waals surface area contributed by atoms with Gasteiger partial charge in [0, 0.05) is 24.7 Å². The van der Waals surface area contributed by atoms with Gasteiger partial charge < -0.3 is 10.0 Å². The van der Waals surface area contributed by atoms with Crippen molar-refractivity contribution in [2.24, 2.45) is 5.92 Å². The highest BCUT2D eigenvalue weighted by molar-refractivity contribution is 7.91. The normalized spacial score (nSPS) is 20.4. The van der Waals surface area contributed by atoms with Gasteiger partial charge in [-0.15, -0.1) is 0 Å². The molecular weight excluding hydrogens is 298 g/mol. The molecule has 112 valence electrons. The van der Waals surface area contributed by atoms with E-state index in [-0.39, 0.29) is 12.4 Å². The largest absolute Gasteiger partial charge is 0.396 e. The van der Waals surface area contributed by atoms with Crippen molar-refractivity contribution in [1.29, 1.82) is 0 Å². The van der Waals surface area contributed by atoms with Gasteiger partial charge in [-0.25, -0.2) is 8.42 Å². The first-order valence-corrected chi connectivity index (χ1v) is 8.86. The minimum atomic E-state index is -3.24. The van der Waals surface area contributed by atoms with Gasteiger partial charge in [0.25, 0.3) is 0 Å². The highest BCUT2D eigenvalue weighted by Gasteiger charge is 2.23. The van der Waals surface area contributed by atoms with Crippen molar-refractivity contribution < 1.29 is 13.5 Å². The zero-order chi connectivity index (χ0) is 14.6. The quantitative estimate of drug-likeness (QED) is 0.869. The Balaban J connectivity index is 1.89. The summed E-state index contributed by atoms with van der Waals surface area (Å²) in [4.78, 5) is 2.49. The van der Waals surface area contributed by atoms with E-state index in [0.29, 0.717) is 22.4 Å². The van der Waals surface area contributed by atoms with Crippen molar-refractivity contribution in [2.45, 2.75) is 17.7 Å². The van der Waals surface area contributed by atoms with Gasteiger partial charge in [0.15, 0.2) is 9.84 Å². The maximum Gasteiger partial charge on any atom is 0.179 e. The molecule has 4 nitrogen and oxygen atoms in total. The summed E-state index contributed by atoms with van der Waals surface area (Å²) < 4.78 is 24.4. The van der Waals surface area contributed by atoms with Gasteiger partial charge in [0.1, 0.15) is 0 Å². The van der Waals surface area contributed by atoms with Gasteiger partial charge in [-0.2, -0.15) is 0 Å². The highest BCUT2D eigenvalue weighted by Crippen LogP contribution is 2.20. The molecule has 6 heteroatoms. The number of likely N-dealkylation sites (tertiary alicyclic amines) is 1. The fourth-order valence-electron chi connectivity index (χ4n) is 2.54. The van der Waals surface area contributed by atoms with Crippen LogP contribution in [0.4, 0.5) is 0 Å². The van der Waals surface area contributed by atoms with Crippen molar-refractivity contribution in [3.05, 3.63) is 29.3 Å². The van der Waals surface area contributed by atoms with Crippen LogP contribution in [0.2, 0.25) is 5.02 Å². The molecule has 1 atom stereocenters. The van der Waals surface area contributed by atoms with E-state index in [2.05, 4.69) is 4.90 Å². The Morgan fingerprint density at radius 3 is 2.65 bits per heavy atom. The predicted octanol–water partition coefficient (Wildman–Crippen LogP) is 1.82. The van der Waals surface area contributed by atoms with Crippen molar-refractivity contribution in [1.82, 2.24) is 4.90 Å². The molecule has 1 aromatic rings. The molecule has 0 aromatic heterocycles. The summed E-state index contributed by atoms with van der Waals surface area (Å²) in [6.07, 6.45) is 1.85. The van der Waals surface area contributed by atoms with Crippen LogP contribution in [-0.4, -0.2) is 50.4 Å². The number of hydrogen-bond donors (Lipinski definition) is 1. The molecular formula is C14H20ClNO3S. The lowest BCUT2D eigenvalue weighted by Crippen LogP contribution is -2.27. The van der Waals surface area contributed by atoms with Crippen LogP contribution in [0, 0.1) is 5.92 Å². The zero-order valence-electron chi connectivity index (χ0n) is 11.3. The standard InChI is InChI=1S/C14H20ClNO3S/c15-13-1-3-14(4-2-13)20(18,19)10-8-16-7-5-12(11-16)6-9-17/h1-4,12,17H,5-11H2. The molecule has 1 aromatic carbocycles. The Morgan fingerprint density at radius 1 is 1.30 bits per heavy atom. The lowest BCUT2D eigenvalue weighted by Gasteiger charge is -2.15. The minimum Gasteiger partial charge on any atom is -0.396 e. The summed E-state index contributed by atoms with van der Waals surface area (Å²) in [6.45, 7) is 2.56. The molecule has 1 fully saturated rings. The van der Waals surface area contributed by atoms with Crippen LogP contribution in [-0.2, 0) is 9.84 Å². The molecule has 1 N–H and O–H groups in total. The van der Waals surface area contributed by atoms with Crippen molar-refractivity contribution >= 4 is 21.4 Å². The van der Waals surface area contributed by atoms with E-state index in [1.54, 1.807) is 24.3 Å². The number of aliphatic hydroxyl groups excluding tert-OH is 1. The van der Waals surface area contributed by atoms with Crippen LogP contribution in [0.1, 0.15) is 12.8 Å². The Morgan fingerprint density at radius 2 is 2.00 bits per heavy atom. The second-order valence-corrected chi connectivity index (χ2v) is 7.79. The molecule has 0 saturated carbocycles. The number of sulfone groups is 1. The van der Waals surface area contributed by atoms with Gasteiger partial charge >= 0.3 is 0 Å². The highest BCUT2D eigenvalue weighted by atomic mass is 35.5. The van der Waals surface area contributed by atoms with Gasteiger partial charge in [-0.1, -0.05) is 11.6 Å². The van der Waals surface area contributed by atoms with Crippen LogP contribution in [0.5, 0.6) is 0 Å². The molecule has 0 amide bonds. The van der Waals surface area contributed by atoms with Gasteiger partial charge in [0.2, 0.25) is 0 Å². The molecule has 1 aliphatic heterocycles. The molecule has 0 aliphatic carbocycles. The number of benzene rings is 1. The smallest absolute Gasteiger partial charge is 0.179 e. The summed E-state index contributed by atoms with van der Waals surface area (Å²) in [5.41, 5.74) is 0. The number of hydrogen-bond acceptors (Lipinski definition) is 4. The van der Waals surface area contributed by atoms with Crippen molar-refractivity contribution in [3.8, 4) is 0 Å². The second kappa shape index (κ2) is 6.89. The van der Waals surface area contributed by atoms with Crippen molar-refractivity contribution in [2.75, 3.05) is 32.0 Å². The summed E-state index contributed by atoms with van der Waals surface area (Å²) in [5.74, 6) is 0.624. The number of nitrogens with zero attached hydrogens (tertiary/aromatic N) is 1. The molecule has 1 unspecified atom stereocenters. The topological polar surface area (TPSA) is 57.6 Å². The third kappa shape index (κ3) is 4.19. The number of aliphatic hydroxyl groups is 1. The van der Waals surface area contributed by atoms with Gasteiger partial charge in [-0.3, -0.25) is 0 Å². The molecule has 0 spiro atoms. The summed E-state index contributed by atoms with van der Waals surface area (Å²) >= 11 is 5.76. The molecule has 0 bridgehead atoms. The first-order chi connectivity index (χ1) is 9.51. The first kappa shape index (κ1) is 15.8. The summed E-state index contributed by atoms with van der Waals surface area (Å²) in [6, 6.07) is 6.30. The maximum atomic E-state index is 12.2. The van der Waals surface area contributed by atoms with Gasteiger partial charge in [0.05, 0.1) is 10.6 Å². The van der Waals surface area contributed by atoms with E-state index in [9.17, 15) is 8.42 Å². The van der Waals surface area contributed by atoms with Crippen LogP contribution in [0.25, 0.3) is 0 Å². The lowest BCUT2D eigenvalue weighted by molar-refractivity contribution is 0.253. The number of halogens is 1. The van der Waals surface area contributed by atoms with Gasteiger partial charge in [-0.05, 0) is 49.6 Å². The van der Waals surface area contributed by atoms with E-state index < -0.39 is 9.84 Å². The Kier molecular flexibility index (Phi) is 5.43. The second-order valence-electron chi connectivity index (χ2n) is 5.24. The molecule has 2 rings (SSSR count).